The van der Waals surface area contributed by atoms with Gasteiger partial charge in [-0.05, 0) is 5.56 Å². The average Bonchev–Trinajstić information content (AvgIpc) is 2.49. The molecule has 0 aliphatic carbocycles. The predicted octanol–water partition coefficient (Wildman–Crippen LogP) is 0.444. The molecule has 1 heterocycles. The predicted molar refractivity (Wildman–Crippen MR) is 76.8 cm³/mol. The third-order valence-corrected chi connectivity index (χ3v) is 3.46. The molecule has 2 rings (SSSR count). The molecule has 1 aromatic rings. The van der Waals surface area contributed by atoms with Crippen LogP contribution >= 0.6 is 0 Å². The number of carbonyl (C=O) groups is 1. The van der Waals surface area contributed by atoms with Gasteiger partial charge in [-0.1, -0.05) is 30.3 Å². The standard InChI is InChI=1S/C15H20N4O/c16-6-7-18-8-10-19(11-9-18)13-15(20)17-12-14-4-2-1-3-5-14/h1-5H,7-13H2,(H,17,20). The monoisotopic (exact) mass is 272 g/mol. The van der Waals surface area contributed by atoms with E-state index in [1.165, 1.54) is 0 Å². The fourth-order valence-electron chi connectivity index (χ4n) is 2.26. The van der Waals surface area contributed by atoms with Crippen molar-refractivity contribution in [1.29, 1.82) is 5.26 Å². The van der Waals surface area contributed by atoms with Gasteiger partial charge in [0, 0.05) is 32.7 Å². The van der Waals surface area contributed by atoms with Crippen molar-refractivity contribution in [2.75, 3.05) is 39.3 Å². The molecule has 0 bridgehead atoms. The summed E-state index contributed by atoms with van der Waals surface area (Å²) >= 11 is 0. The first kappa shape index (κ1) is 14.5. The van der Waals surface area contributed by atoms with Crippen molar-refractivity contribution in [2.24, 2.45) is 0 Å². The highest BCUT2D eigenvalue weighted by atomic mass is 16.2. The molecule has 1 amide bonds. The molecule has 1 saturated heterocycles. The van der Waals surface area contributed by atoms with Crippen LogP contribution in [-0.4, -0.2) is 55.0 Å². The normalized spacial score (nSPS) is 16.6. The quantitative estimate of drug-likeness (QED) is 0.790. The molecule has 1 aromatic carbocycles. The van der Waals surface area contributed by atoms with Gasteiger partial charge in [-0.2, -0.15) is 5.26 Å². The molecule has 0 saturated carbocycles. The fraction of sp³-hybridized carbons (Fsp3) is 0.467. The van der Waals surface area contributed by atoms with Crippen molar-refractivity contribution in [3.05, 3.63) is 35.9 Å². The van der Waals surface area contributed by atoms with Gasteiger partial charge >= 0.3 is 0 Å². The number of rotatable bonds is 5. The van der Waals surface area contributed by atoms with Crippen molar-refractivity contribution in [3.8, 4) is 6.07 Å². The number of hydrogen-bond donors (Lipinski definition) is 1. The molecule has 5 nitrogen and oxygen atoms in total. The number of carbonyl (C=O) groups excluding carboxylic acids is 1. The first-order chi connectivity index (χ1) is 9.78. The summed E-state index contributed by atoms with van der Waals surface area (Å²) in [6.45, 7) is 4.91. The Balaban J connectivity index is 1.67. The molecule has 1 fully saturated rings. The van der Waals surface area contributed by atoms with Crippen LogP contribution in [0.2, 0.25) is 0 Å². The van der Waals surface area contributed by atoms with Crippen LogP contribution in [0.15, 0.2) is 30.3 Å². The van der Waals surface area contributed by atoms with Gasteiger partial charge in [-0.15, -0.1) is 0 Å². The molecule has 0 atom stereocenters. The molecule has 1 aliphatic heterocycles. The lowest BCUT2D eigenvalue weighted by atomic mass is 10.2. The second-order valence-corrected chi connectivity index (χ2v) is 4.97. The zero-order valence-corrected chi connectivity index (χ0v) is 11.6. The Morgan fingerprint density at radius 3 is 2.45 bits per heavy atom. The van der Waals surface area contributed by atoms with Crippen LogP contribution in [0.25, 0.3) is 0 Å². The van der Waals surface area contributed by atoms with E-state index >= 15 is 0 Å². The summed E-state index contributed by atoms with van der Waals surface area (Å²) in [5.74, 6) is 0.0580. The SMILES string of the molecule is N#CCN1CCN(CC(=O)NCc2ccccc2)CC1. The molecule has 0 unspecified atom stereocenters. The summed E-state index contributed by atoms with van der Waals surface area (Å²) in [5, 5.41) is 11.6. The van der Waals surface area contributed by atoms with Gasteiger partial charge in [0.25, 0.3) is 0 Å². The maximum Gasteiger partial charge on any atom is 0.234 e. The number of hydrogen-bond acceptors (Lipinski definition) is 4. The minimum Gasteiger partial charge on any atom is -0.351 e. The summed E-state index contributed by atoms with van der Waals surface area (Å²) in [4.78, 5) is 16.1. The van der Waals surface area contributed by atoms with Gasteiger partial charge < -0.3 is 5.32 Å². The minimum atomic E-state index is 0.0580. The number of nitriles is 1. The topological polar surface area (TPSA) is 59.4 Å². The fourth-order valence-corrected chi connectivity index (χ4v) is 2.26. The molecular weight excluding hydrogens is 252 g/mol. The van der Waals surface area contributed by atoms with Crippen LogP contribution in [0.5, 0.6) is 0 Å². The number of benzene rings is 1. The molecule has 0 spiro atoms. The Kier molecular flexibility index (Phi) is 5.54. The van der Waals surface area contributed by atoms with Crippen molar-refractivity contribution in [3.63, 3.8) is 0 Å². The van der Waals surface area contributed by atoms with E-state index in [2.05, 4.69) is 21.2 Å². The summed E-state index contributed by atoms with van der Waals surface area (Å²) in [5.41, 5.74) is 1.11. The highest BCUT2D eigenvalue weighted by Crippen LogP contribution is 2.01. The molecular formula is C15H20N4O. The van der Waals surface area contributed by atoms with E-state index in [4.69, 9.17) is 5.26 Å². The Labute approximate surface area is 119 Å². The van der Waals surface area contributed by atoms with Crippen LogP contribution in [-0.2, 0) is 11.3 Å². The van der Waals surface area contributed by atoms with Crippen molar-refractivity contribution >= 4 is 5.91 Å². The third kappa shape index (κ3) is 4.65. The van der Waals surface area contributed by atoms with Gasteiger partial charge in [0.05, 0.1) is 19.2 Å². The molecule has 1 N–H and O–H groups in total. The smallest absolute Gasteiger partial charge is 0.234 e. The Hall–Kier alpha value is -1.90. The van der Waals surface area contributed by atoms with Crippen molar-refractivity contribution in [2.45, 2.75) is 6.54 Å². The van der Waals surface area contributed by atoms with E-state index in [9.17, 15) is 4.79 Å². The number of nitrogens with one attached hydrogen (secondary N) is 1. The van der Waals surface area contributed by atoms with Crippen LogP contribution in [0, 0.1) is 11.3 Å². The van der Waals surface area contributed by atoms with E-state index in [0.29, 0.717) is 19.6 Å². The number of nitrogens with zero attached hydrogens (tertiary/aromatic N) is 3. The van der Waals surface area contributed by atoms with Crippen LogP contribution in [0.4, 0.5) is 0 Å². The first-order valence-electron chi connectivity index (χ1n) is 6.90. The molecule has 5 heteroatoms. The Bertz CT molecular complexity index is 461. The lowest BCUT2D eigenvalue weighted by Gasteiger charge is -2.32. The van der Waals surface area contributed by atoms with E-state index in [1.807, 2.05) is 30.3 Å². The van der Waals surface area contributed by atoms with Gasteiger partial charge in [0.1, 0.15) is 0 Å². The minimum absolute atomic E-state index is 0.0580. The lowest BCUT2D eigenvalue weighted by molar-refractivity contribution is -0.122. The number of amides is 1. The molecule has 0 aromatic heterocycles. The average molecular weight is 272 g/mol. The second kappa shape index (κ2) is 7.63. The lowest BCUT2D eigenvalue weighted by Crippen LogP contribution is -2.49. The summed E-state index contributed by atoms with van der Waals surface area (Å²) < 4.78 is 0. The zero-order chi connectivity index (χ0) is 14.2. The summed E-state index contributed by atoms with van der Waals surface area (Å²) in [7, 11) is 0. The third-order valence-electron chi connectivity index (χ3n) is 3.46. The number of piperazine rings is 1. The van der Waals surface area contributed by atoms with Crippen molar-refractivity contribution < 1.29 is 4.79 Å². The largest absolute Gasteiger partial charge is 0.351 e. The van der Waals surface area contributed by atoms with E-state index in [1.54, 1.807) is 0 Å². The van der Waals surface area contributed by atoms with Crippen LogP contribution in [0.3, 0.4) is 0 Å². The maximum atomic E-state index is 11.9. The summed E-state index contributed by atoms with van der Waals surface area (Å²) in [6, 6.07) is 12.1. The first-order valence-corrected chi connectivity index (χ1v) is 6.90. The van der Waals surface area contributed by atoms with Crippen LogP contribution < -0.4 is 5.32 Å². The Morgan fingerprint density at radius 1 is 1.15 bits per heavy atom. The Morgan fingerprint density at radius 2 is 1.80 bits per heavy atom. The second-order valence-electron chi connectivity index (χ2n) is 4.97. The molecule has 0 radical (unpaired) electrons. The zero-order valence-electron chi connectivity index (χ0n) is 11.6. The molecule has 20 heavy (non-hydrogen) atoms. The van der Waals surface area contributed by atoms with Gasteiger partial charge in [0.15, 0.2) is 0 Å². The van der Waals surface area contributed by atoms with Gasteiger partial charge in [-0.25, -0.2) is 0 Å². The summed E-state index contributed by atoms with van der Waals surface area (Å²) in [6.07, 6.45) is 0. The van der Waals surface area contributed by atoms with E-state index in [0.717, 1.165) is 31.7 Å². The highest BCUT2D eigenvalue weighted by Gasteiger charge is 2.18. The maximum absolute atomic E-state index is 11.9. The van der Waals surface area contributed by atoms with Gasteiger partial charge in [0.2, 0.25) is 5.91 Å². The van der Waals surface area contributed by atoms with Crippen LogP contribution in [0.1, 0.15) is 5.56 Å². The van der Waals surface area contributed by atoms with Gasteiger partial charge in [-0.3, -0.25) is 14.6 Å². The molecule has 106 valence electrons. The van der Waals surface area contributed by atoms with E-state index < -0.39 is 0 Å². The van der Waals surface area contributed by atoms with Crippen molar-refractivity contribution in [1.82, 2.24) is 15.1 Å². The molecule has 1 aliphatic rings. The van der Waals surface area contributed by atoms with E-state index in [-0.39, 0.29) is 5.91 Å². The highest BCUT2D eigenvalue weighted by molar-refractivity contribution is 5.78.